The Kier molecular flexibility index (Phi) is 4.34. The molecular weight excluding hydrogens is 272 g/mol. The molecule has 20 heavy (non-hydrogen) atoms. The zero-order valence-electron chi connectivity index (χ0n) is 11.8. The average molecular weight is 290 g/mol. The van der Waals surface area contributed by atoms with Crippen LogP contribution in [0, 0.1) is 13.8 Å². The van der Waals surface area contributed by atoms with Crippen LogP contribution in [0.5, 0.6) is 0 Å². The zero-order valence-corrected chi connectivity index (χ0v) is 12.6. The van der Waals surface area contributed by atoms with E-state index in [1.165, 1.54) is 0 Å². The van der Waals surface area contributed by atoms with Crippen LogP contribution < -0.4 is 5.73 Å². The molecule has 2 rings (SSSR count). The van der Waals surface area contributed by atoms with Gasteiger partial charge in [-0.2, -0.15) is 5.10 Å². The molecule has 0 atom stereocenters. The van der Waals surface area contributed by atoms with E-state index in [1.54, 1.807) is 11.8 Å². The van der Waals surface area contributed by atoms with Crippen LogP contribution in [0.25, 0.3) is 5.69 Å². The topological polar surface area (TPSA) is 76.4 Å². The van der Waals surface area contributed by atoms with Gasteiger partial charge >= 0.3 is 0 Å². The molecular formula is C14H18N4OS. The van der Waals surface area contributed by atoms with Crippen molar-refractivity contribution < 1.29 is 5.21 Å². The molecule has 0 aliphatic carbocycles. The fourth-order valence-electron chi connectivity index (χ4n) is 2.15. The fourth-order valence-corrected chi connectivity index (χ4v) is 2.99. The predicted molar refractivity (Wildman–Crippen MR) is 81.9 cm³/mol. The highest BCUT2D eigenvalue weighted by atomic mass is 32.2. The van der Waals surface area contributed by atoms with Gasteiger partial charge < -0.3 is 10.9 Å². The predicted octanol–water partition coefficient (Wildman–Crippen LogP) is 2.70. The number of aryl methyl sites for hydroxylation is 2. The van der Waals surface area contributed by atoms with Crippen LogP contribution in [0.2, 0.25) is 0 Å². The summed E-state index contributed by atoms with van der Waals surface area (Å²) in [5.74, 6) is 1.01. The van der Waals surface area contributed by atoms with Gasteiger partial charge in [0, 0.05) is 10.6 Å². The van der Waals surface area contributed by atoms with Crippen molar-refractivity contribution in [2.45, 2.75) is 25.7 Å². The zero-order chi connectivity index (χ0) is 14.7. The van der Waals surface area contributed by atoms with Gasteiger partial charge in [-0.1, -0.05) is 18.1 Å². The van der Waals surface area contributed by atoms with Gasteiger partial charge in [-0.3, -0.25) is 0 Å². The average Bonchev–Trinajstić information content (AvgIpc) is 2.77. The lowest BCUT2D eigenvalue weighted by Gasteiger charge is -2.14. The Bertz CT molecular complexity index is 649. The van der Waals surface area contributed by atoms with E-state index in [9.17, 15) is 0 Å². The van der Waals surface area contributed by atoms with Gasteiger partial charge in [-0.15, -0.1) is 11.8 Å². The minimum Gasteiger partial charge on any atom is -0.409 e. The second kappa shape index (κ2) is 6.00. The van der Waals surface area contributed by atoms with Gasteiger partial charge in [-0.05, 0) is 37.8 Å². The molecule has 0 unspecified atom stereocenters. The highest BCUT2D eigenvalue weighted by Crippen LogP contribution is 2.28. The normalized spacial score (nSPS) is 11.8. The van der Waals surface area contributed by atoms with Crippen LogP contribution in [-0.2, 0) is 0 Å². The van der Waals surface area contributed by atoms with E-state index in [1.807, 2.05) is 42.8 Å². The fraction of sp³-hybridized carbons (Fsp3) is 0.286. The summed E-state index contributed by atoms with van der Waals surface area (Å²) < 4.78 is 1.82. The number of aromatic nitrogens is 2. The minimum atomic E-state index is 0.101. The monoisotopic (exact) mass is 290 g/mol. The first-order valence-electron chi connectivity index (χ1n) is 6.35. The number of nitrogens with two attached hydrogens (primary N) is 1. The largest absolute Gasteiger partial charge is 0.409 e. The van der Waals surface area contributed by atoms with E-state index in [0.29, 0.717) is 5.56 Å². The molecule has 0 spiro atoms. The summed E-state index contributed by atoms with van der Waals surface area (Å²) in [6.07, 6.45) is 0. The lowest BCUT2D eigenvalue weighted by atomic mass is 10.1. The number of hydrogen-bond acceptors (Lipinski definition) is 4. The number of amidine groups is 1. The maximum Gasteiger partial charge on any atom is 0.173 e. The van der Waals surface area contributed by atoms with E-state index in [2.05, 4.69) is 17.2 Å². The van der Waals surface area contributed by atoms with Crippen LogP contribution >= 0.6 is 11.8 Å². The third kappa shape index (κ3) is 2.65. The highest BCUT2D eigenvalue weighted by molar-refractivity contribution is 7.99. The third-order valence-corrected chi connectivity index (χ3v) is 3.85. The van der Waals surface area contributed by atoms with Crippen molar-refractivity contribution in [3.05, 3.63) is 41.2 Å². The Morgan fingerprint density at radius 2 is 2.20 bits per heavy atom. The molecule has 6 heteroatoms. The van der Waals surface area contributed by atoms with E-state index in [4.69, 9.17) is 10.9 Å². The Balaban J connectivity index is 2.69. The van der Waals surface area contributed by atoms with Crippen LogP contribution in [0.15, 0.2) is 34.3 Å². The molecule has 0 saturated heterocycles. The van der Waals surface area contributed by atoms with Crippen molar-refractivity contribution in [3.63, 3.8) is 0 Å². The minimum absolute atomic E-state index is 0.101. The quantitative estimate of drug-likeness (QED) is 0.298. The van der Waals surface area contributed by atoms with E-state index in [-0.39, 0.29) is 5.84 Å². The summed E-state index contributed by atoms with van der Waals surface area (Å²) in [5, 5.41) is 16.7. The van der Waals surface area contributed by atoms with Gasteiger partial charge in [0.05, 0.1) is 16.9 Å². The van der Waals surface area contributed by atoms with Crippen molar-refractivity contribution in [1.29, 1.82) is 0 Å². The van der Waals surface area contributed by atoms with Crippen LogP contribution in [-0.4, -0.2) is 26.6 Å². The molecule has 0 radical (unpaired) electrons. The molecule has 5 nitrogen and oxygen atoms in total. The molecule has 1 heterocycles. The Hall–Kier alpha value is -1.95. The maximum absolute atomic E-state index is 9.05. The van der Waals surface area contributed by atoms with Gasteiger partial charge in [0.1, 0.15) is 0 Å². The Labute approximate surface area is 122 Å². The number of benzene rings is 1. The first-order chi connectivity index (χ1) is 9.58. The first kappa shape index (κ1) is 14.5. The molecule has 0 aliphatic heterocycles. The summed E-state index contributed by atoms with van der Waals surface area (Å²) in [6.45, 7) is 5.99. The molecule has 3 N–H and O–H groups in total. The first-order valence-corrected chi connectivity index (χ1v) is 7.34. The van der Waals surface area contributed by atoms with Crippen LogP contribution in [0.1, 0.15) is 23.9 Å². The molecule has 1 aromatic carbocycles. The molecule has 0 aliphatic rings. The van der Waals surface area contributed by atoms with Gasteiger partial charge in [-0.25, -0.2) is 4.68 Å². The van der Waals surface area contributed by atoms with Crippen molar-refractivity contribution >= 4 is 17.6 Å². The van der Waals surface area contributed by atoms with Gasteiger partial charge in [0.15, 0.2) is 5.84 Å². The second-order valence-corrected chi connectivity index (χ2v) is 5.71. The Morgan fingerprint density at radius 3 is 2.75 bits per heavy atom. The highest BCUT2D eigenvalue weighted by Gasteiger charge is 2.16. The van der Waals surface area contributed by atoms with Crippen molar-refractivity contribution in [1.82, 2.24) is 9.78 Å². The number of thioether (sulfide) groups is 1. The summed E-state index contributed by atoms with van der Waals surface area (Å²) in [5.41, 5.74) is 9.34. The van der Waals surface area contributed by atoms with Crippen molar-refractivity contribution in [3.8, 4) is 5.69 Å². The molecule has 0 amide bonds. The van der Waals surface area contributed by atoms with Gasteiger partial charge in [0.2, 0.25) is 0 Å². The van der Waals surface area contributed by atoms with E-state index in [0.717, 1.165) is 27.7 Å². The smallest absolute Gasteiger partial charge is 0.173 e. The van der Waals surface area contributed by atoms with E-state index < -0.39 is 0 Å². The Morgan fingerprint density at radius 1 is 1.45 bits per heavy atom. The second-order valence-electron chi connectivity index (χ2n) is 4.41. The summed E-state index contributed by atoms with van der Waals surface area (Å²) >= 11 is 1.65. The standard InChI is InChI=1S/C14H18N4OS/c1-4-20-12-7-5-6-11(13(12)14(15)17-19)18-10(3)8-9(2)16-18/h5-8,19H,4H2,1-3H3,(H2,15,17). The number of rotatable bonds is 4. The third-order valence-electron chi connectivity index (χ3n) is 2.91. The molecule has 106 valence electrons. The SMILES string of the molecule is CCSc1cccc(-n2nc(C)cc2C)c1/C(N)=N/O. The lowest BCUT2D eigenvalue weighted by Crippen LogP contribution is -2.18. The summed E-state index contributed by atoms with van der Waals surface area (Å²) in [4.78, 5) is 0.979. The summed E-state index contributed by atoms with van der Waals surface area (Å²) in [6, 6.07) is 7.84. The number of oxime groups is 1. The van der Waals surface area contributed by atoms with Crippen molar-refractivity contribution in [2.75, 3.05) is 5.75 Å². The van der Waals surface area contributed by atoms with E-state index >= 15 is 0 Å². The molecule has 0 fully saturated rings. The molecule has 0 bridgehead atoms. The van der Waals surface area contributed by atoms with Crippen LogP contribution in [0.4, 0.5) is 0 Å². The molecule has 0 saturated carbocycles. The van der Waals surface area contributed by atoms with Gasteiger partial charge in [0.25, 0.3) is 0 Å². The molecule has 2 aromatic rings. The lowest BCUT2D eigenvalue weighted by molar-refractivity contribution is 0.318. The summed E-state index contributed by atoms with van der Waals surface area (Å²) in [7, 11) is 0. The number of hydrogen-bond donors (Lipinski definition) is 2. The van der Waals surface area contributed by atoms with Crippen LogP contribution in [0.3, 0.4) is 0 Å². The van der Waals surface area contributed by atoms with Crippen molar-refractivity contribution in [2.24, 2.45) is 10.9 Å². The maximum atomic E-state index is 9.05. The number of nitrogens with zero attached hydrogens (tertiary/aromatic N) is 3. The molecule has 1 aromatic heterocycles.